The van der Waals surface area contributed by atoms with Gasteiger partial charge in [-0.25, -0.2) is 0 Å². The molecule has 1 heterocycles. The van der Waals surface area contributed by atoms with Gasteiger partial charge in [0.1, 0.15) is 5.69 Å². The lowest BCUT2D eigenvalue weighted by Gasteiger charge is -2.14. The van der Waals surface area contributed by atoms with E-state index in [9.17, 15) is 8.78 Å². The lowest BCUT2D eigenvalue weighted by Crippen LogP contribution is -2.19. The van der Waals surface area contributed by atoms with Crippen molar-refractivity contribution in [1.82, 2.24) is 9.78 Å². The summed E-state index contributed by atoms with van der Waals surface area (Å²) in [5.74, 6) is -2.95. The van der Waals surface area contributed by atoms with Crippen LogP contribution in [0.15, 0.2) is 0 Å². The van der Waals surface area contributed by atoms with Gasteiger partial charge in [-0.1, -0.05) is 13.8 Å². The molecule has 0 aliphatic heterocycles. The molecule has 16 heavy (non-hydrogen) atoms. The molecule has 90 valence electrons. The molecule has 0 aromatic carbocycles. The smallest absolute Gasteiger partial charge is 0.263 e. The van der Waals surface area contributed by atoms with Crippen LogP contribution in [0.4, 0.5) is 8.78 Å². The molecule has 2 unspecified atom stereocenters. The Labute approximate surface area is 94.6 Å². The molecule has 0 spiro atoms. The Morgan fingerprint density at radius 2 is 2.06 bits per heavy atom. The fourth-order valence-electron chi connectivity index (χ4n) is 2.71. The van der Waals surface area contributed by atoms with Gasteiger partial charge in [-0.2, -0.15) is 13.9 Å². The Morgan fingerprint density at radius 3 is 2.62 bits per heavy atom. The number of aryl methyl sites for hydroxylation is 2. The number of fused-ring (bicyclic) bond motifs is 3. The molecule has 2 nitrogen and oxygen atoms in total. The van der Waals surface area contributed by atoms with Crippen molar-refractivity contribution in [3.8, 4) is 0 Å². The molecule has 0 radical (unpaired) electrons. The molecule has 2 aliphatic carbocycles. The standard InChI is InChI=1S/C10H12F2N2.C2H6/c1-3-14-9-8(5(2)13-14)6-4-7(6)10(9,11)12;1-2/h6-7H,3-4H2,1-2H3;1-2H3. The molecule has 4 heteroatoms. The highest BCUT2D eigenvalue weighted by atomic mass is 19.3. The van der Waals surface area contributed by atoms with Crippen LogP contribution in [0.5, 0.6) is 0 Å². The van der Waals surface area contributed by atoms with Crippen LogP contribution >= 0.6 is 0 Å². The van der Waals surface area contributed by atoms with E-state index >= 15 is 0 Å². The normalized spacial score (nSPS) is 27.9. The van der Waals surface area contributed by atoms with Crippen LogP contribution < -0.4 is 0 Å². The van der Waals surface area contributed by atoms with Gasteiger partial charge in [0.15, 0.2) is 0 Å². The maximum atomic E-state index is 13.8. The van der Waals surface area contributed by atoms with E-state index < -0.39 is 11.8 Å². The molecule has 1 fully saturated rings. The van der Waals surface area contributed by atoms with E-state index in [0.717, 1.165) is 11.3 Å². The van der Waals surface area contributed by atoms with E-state index in [4.69, 9.17) is 0 Å². The van der Waals surface area contributed by atoms with E-state index in [2.05, 4.69) is 5.10 Å². The molecule has 1 aromatic rings. The van der Waals surface area contributed by atoms with Crippen molar-refractivity contribution in [3.05, 3.63) is 17.0 Å². The largest absolute Gasteiger partial charge is 0.293 e. The first-order valence-electron chi connectivity index (χ1n) is 6.03. The molecule has 3 rings (SSSR count). The monoisotopic (exact) mass is 228 g/mol. The lowest BCUT2D eigenvalue weighted by molar-refractivity contribution is -0.0308. The summed E-state index contributed by atoms with van der Waals surface area (Å²) in [5, 5.41) is 4.16. The number of hydrogen-bond donors (Lipinski definition) is 0. The molecule has 0 N–H and O–H groups in total. The quantitative estimate of drug-likeness (QED) is 0.720. The summed E-state index contributed by atoms with van der Waals surface area (Å²) >= 11 is 0. The minimum Gasteiger partial charge on any atom is -0.263 e. The van der Waals surface area contributed by atoms with Crippen LogP contribution in [0.25, 0.3) is 0 Å². The fourth-order valence-corrected chi connectivity index (χ4v) is 2.71. The number of nitrogens with zero attached hydrogens (tertiary/aromatic N) is 2. The number of halogens is 2. The molecule has 0 bridgehead atoms. The van der Waals surface area contributed by atoms with Gasteiger partial charge in [0.2, 0.25) is 0 Å². The second kappa shape index (κ2) is 3.54. The third-order valence-electron chi connectivity index (χ3n) is 3.42. The second-order valence-corrected chi connectivity index (χ2v) is 4.24. The van der Waals surface area contributed by atoms with Crippen molar-refractivity contribution in [2.75, 3.05) is 0 Å². The first kappa shape index (κ1) is 11.6. The Bertz CT molecular complexity index is 409. The number of rotatable bonds is 1. The minimum absolute atomic E-state index is 0.0975. The maximum Gasteiger partial charge on any atom is 0.293 e. The van der Waals surface area contributed by atoms with Crippen LogP contribution in [0.2, 0.25) is 0 Å². The van der Waals surface area contributed by atoms with Gasteiger partial charge in [-0.15, -0.1) is 0 Å². The first-order chi connectivity index (χ1) is 7.57. The van der Waals surface area contributed by atoms with Crippen LogP contribution in [-0.2, 0) is 12.5 Å². The summed E-state index contributed by atoms with van der Waals surface area (Å²) in [6.45, 7) is 8.22. The lowest BCUT2D eigenvalue weighted by atomic mass is 10.1. The van der Waals surface area contributed by atoms with Crippen LogP contribution in [-0.4, -0.2) is 9.78 Å². The number of aromatic nitrogens is 2. The molecule has 0 amide bonds. The van der Waals surface area contributed by atoms with E-state index in [-0.39, 0.29) is 11.6 Å². The Morgan fingerprint density at radius 1 is 1.44 bits per heavy atom. The van der Waals surface area contributed by atoms with Crippen LogP contribution in [0.3, 0.4) is 0 Å². The summed E-state index contributed by atoms with van der Waals surface area (Å²) in [6, 6.07) is 0. The Hall–Kier alpha value is -0.930. The SMILES string of the molecule is CC.CCn1nc(C)c2c1C(F)(F)C1CC21. The highest BCUT2D eigenvalue weighted by Crippen LogP contribution is 2.67. The van der Waals surface area contributed by atoms with Crippen LogP contribution in [0, 0.1) is 12.8 Å². The minimum atomic E-state index is -2.63. The zero-order valence-electron chi connectivity index (χ0n) is 10.2. The topological polar surface area (TPSA) is 17.8 Å². The fraction of sp³-hybridized carbons (Fsp3) is 0.750. The molecule has 2 atom stereocenters. The molecule has 1 saturated carbocycles. The van der Waals surface area contributed by atoms with Gasteiger partial charge < -0.3 is 0 Å². The van der Waals surface area contributed by atoms with Gasteiger partial charge in [-0.3, -0.25) is 4.68 Å². The molecular weight excluding hydrogens is 210 g/mol. The predicted octanol–water partition coefficient (Wildman–Crippen LogP) is 3.45. The Kier molecular flexibility index (Phi) is 2.55. The van der Waals surface area contributed by atoms with Crippen LogP contribution in [0.1, 0.15) is 50.1 Å². The van der Waals surface area contributed by atoms with Gasteiger partial charge >= 0.3 is 0 Å². The molecule has 2 aliphatic rings. The van der Waals surface area contributed by atoms with Crippen molar-refractivity contribution in [2.45, 2.75) is 52.5 Å². The Balaban J connectivity index is 0.000000457. The van der Waals surface area contributed by atoms with Gasteiger partial charge in [0.05, 0.1) is 5.69 Å². The van der Waals surface area contributed by atoms with E-state index in [1.54, 1.807) is 0 Å². The summed E-state index contributed by atoms with van der Waals surface area (Å²) in [5.41, 5.74) is 1.83. The number of alkyl halides is 2. The zero-order valence-corrected chi connectivity index (χ0v) is 10.2. The molecular formula is C12H18F2N2. The maximum absolute atomic E-state index is 13.8. The number of hydrogen-bond acceptors (Lipinski definition) is 1. The second-order valence-electron chi connectivity index (χ2n) is 4.24. The average molecular weight is 228 g/mol. The highest BCUT2D eigenvalue weighted by Gasteiger charge is 2.66. The van der Waals surface area contributed by atoms with Crippen molar-refractivity contribution in [3.63, 3.8) is 0 Å². The van der Waals surface area contributed by atoms with Gasteiger partial charge in [0, 0.05) is 18.0 Å². The van der Waals surface area contributed by atoms with Crippen molar-refractivity contribution >= 4 is 0 Å². The van der Waals surface area contributed by atoms with Crippen molar-refractivity contribution < 1.29 is 8.78 Å². The van der Waals surface area contributed by atoms with E-state index in [1.807, 2.05) is 27.7 Å². The summed E-state index contributed by atoms with van der Waals surface area (Å²) in [4.78, 5) is 0. The summed E-state index contributed by atoms with van der Waals surface area (Å²) in [6.07, 6.45) is 0.649. The van der Waals surface area contributed by atoms with Crippen molar-refractivity contribution in [1.29, 1.82) is 0 Å². The molecule has 1 aromatic heterocycles. The zero-order chi connectivity index (χ0) is 12.1. The summed E-state index contributed by atoms with van der Waals surface area (Å²) in [7, 11) is 0. The van der Waals surface area contributed by atoms with Gasteiger partial charge in [0.25, 0.3) is 5.92 Å². The third kappa shape index (κ3) is 1.25. The first-order valence-corrected chi connectivity index (χ1v) is 6.03. The van der Waals surface area contributed by atoms with Gasteiger partial charge in [-0.05, 0) is 26.2 Å². The highest BCUT2D eigenvalue weighted by molar-refractivity contribution is 5.45. The third-order valence-corrected chi connectivity index (χ3v) is 3.42. The predicted molar refractivity (Wildman–Crippen MR) is 58.7 cm³/mol. The van der Waals surface area contributed by atoms with E-state index in [0.29, 0.717) is 13.0 Å². The molecule has 0 saturated heterocycles. The summed E-state index contributed by atoms with van der Waals surface area (Å²) < 4.78 is 29.0. The van der Waals surface area contributed by atoms with Crippen molar-refractivity contribution in [2.24, 2.45) is 5.92 Å². The average Bonchev–Trinajstić information content (AvgIpc) is 2.94. The van der Waals surface area contributed by atoms with E-state index in [1.165, 1.54) is 4.68 Å².